The molecule has 1 aliphatic rings. The van der Waals surface area contributed by atoms with Crippen LogP contribution >= 0.6 is 0 Å². The molecule has 0 saturated heterocycles. The lowest BCUT2D eigenvalue weighted by Gasteiger charge is -2.16. The van der Waals surface area contributed by atoms with Crippen LogP contribution in [0, 0.1) is 0 Å². The Balaban J connectivity index is 2.25. The number of ether oxygens (including phenoxy) is 2. The smallest absolute Gasteiger partial charge is 0.372 e. The van der Waals surface area contributed by atoms with E-state index in [2.05, 4.69) is 0 Å². The molecule has 5 heteroatoms. The van der Waals surface area contributed by atoms with Gasteiger partial charge in [0.05, 0.1) is 6.61 Å². The Hall–Kier alpha value is -2.01. The normalized spacial score (nSPS) is 16.1. The number of methoxy groups -OCH3 is 1. The maximum atomic E-state index is 11.3. The van der Waals surface area contributed by atoms with E-state index in [0.29, 0.717) is 16.9 Å². The molecular formula is C15H16O5. The van der Waals surface area contributed by atoms with Crippen LogP contribution in [0.1, 0.15) is 35.5 Å². The van der Waals surface area contributed by atoms with Crippen molar-refractivity contribution < 1.29 is 23.8 Å². The Kier molecular flexibility index (Phi) is 2.76. The fraction of sp³-hybridized carbons (Fsp3) is 0.400. The first-order chi connectivity index (χ1) is 9.43. The van der Waals surface area contributed by atoms with E-state index in [0.717, 1.165) is 17.4 Å². The molecule has 1 N–H and O–H groups in total. The summed E-state index contributed by atoms with van der Waals surface area (Å²) in [6.45, 7) is 4.18. The third kappa shape index (κ3) is 1.86. The highest BCUT2D eigenvalue weighted by Gasteiger charge is 2.34. The fourth-order valence-electron chi connectivity index (χ4n) is 2.71. The highest BCUT2D eigenvalue weighted by atomic mass is 16.5. The van der Waals surface area contributed by atoms with Gasteiger partial charge in [-0.2, -0.15) is 0 Å². The summed E-state index contributed by atoms with van der Waals surface area (Å²) >= 11 is 0. The van der Waals surface area contributed by atoms with Gasteiger partial charge in [0.15, 0.2) is 11.3 Å². The number of benzene rings is 1. The molecule has 0 amide bonds. The Bertz CT molecular complexity index is 696. The Labute approximate surface area is 116 Å². The largest absolute Gasteiger partial charge is 0.483 e. The van der Waals surface area contributed by atoms with E-state index in [1.54, 1.807) is 0 Å². The number of furan rings is 1. The second kappa shape index (κ2) is 4.24. The molecule has 0 bridgehead atoms. The van der Waals surface area contributed by atoms with E-state index in [9.17, 15) is 9.90 Å². The molecule has 0 fully saturated rings. The van der Waals surface area contributed by atoms with Crippen LogP contribution in [0.3, 0.4) is 0 Å². The summed E-state index contributed by atoms with van der Waals surface area (Å²) in [6.07, 6.45) is 0.779. The van der Waals surface area contributed by atoms with Crippen LogP contribution in [-0.2, 0) is 17.8 Å². The highest BCUT2D eigenvalue weighted by Crippen LogP contribution is 2.43. The molecule has 0 radical (unpaired) electrons. The average Bonchev–Trinajstić information content (AvgIpc) is 2.86. The van der Waals surface area contributed by atoms with E-state index < -0.39 is 5.97 Å². The standard InChI is InChI=1S/C15H16O5/c1-15(2)6-8-4-5-9-10(7-18-3)13(14(16)17)19-12(9)11(8)20-15/h4-5H,6-7H2,1-3H3,(H,16,17). The van der Waals surface area contributed by atoms with Gasteiger partial charge in [-0.15, -0.1) is 0 Å². The minimum absolute atomic E-state index is 0.0800. The van der Waals surface area contributed by atoms with Gasteiger partial charge < -0.3 is 19.0 Å². The molecule has 0 spiro atoms. The van der Waals surface area contributed by atoms with Gasteiger partial charge in [0.25, 0.3) is 0 Å². The quantitative estimate of drug-likeness (QED) is 0.933. The Morgan fingerprint density at radius 2 is 2.20 bits per heavy atom. The first-order valence-electron chi connectivity index (χ1n) is 6.41. The van der Waals surface area contributed by atoms with E-state index in [1.807, 2.05) is 26.0 Å². The first kappa shape index (κ1) is 13.0. The summed E-state index contributed by atoms with van der Waals surface area (Å²) in [7, 11) is 1.53. The molecule has 20 heavy (non-hydrogen) atoms. The molecule has 5 nitrogen and oxygen atoms in total. The molecule has 3 rings (SSSR count). The highest BCUT2D eigenvalue weighted by molar-refractivity contribution is 5.97. The number of fused-ring (bicyclic) bond motifs is 3. The van der Waals surface area contributed by atoms with Crippen molar-refractivity contribution in [2.75, 3.05) is 7.11 Å². The van der Waals surface area contributed by atoms with Crippen LogP contribution in [0.15, 0.2) is 16.5 Å². The lowest BCUT2D eigenvalue weighted by atomic mass is 10.0. The summed E-state index contributed by atoms with van der Waals surface area (Å²) < 4.78 is 16.5. The summed E-state index contributed by atoms with van der Waals surface area (Å²) in [5.74, 6) is -0.528. The van der Waals surface area contributed by atoms with Crippen LogP contribution in [0.25, 0.3) is 11.0 Å². The van der Waals surface area contributed by atoms with Crippen molar-refractivity contribution in [3.05, 3.63) is 29.0 Å². The lowest BCUT2D eigenvalue weighted by Crippen LogP contribution is -2.24. The molecule has 0 aliphatic carbocycles. The van der Waals surface area contributed by atoms with Crippen LogP contribution < -0.4 is 4.74 Å². The van der Waals surface area contributed by atoms with Gasteiger partial charge in [-0.25, -0.2) is 4.79 Å². The third-order valence-electron chi connectivity index (χ3n) is 3.47. The maximum Gasteiger partial charge on any atom is 0.372 e. The zero-order chi connectivity index (χ0) is 14.5. The summed E-state index contributed by atoms with van der Waals surface area (Å²) in [4.78, 5) is 11.3. The second-order valence-electron chi connectivity index (χ2n) is 5.62. The number of carboxylic acid groups (broad SMARTS) is 1. The van der Waals surface area contributed by atoms with Gasteiger partial charge in [0.1, 0.15) is 5.60 Å². The molecule has 1 aromatic carbocycles. The van der Waals surface area contributed by atoms with Crippen LogP contribution in [-0.4, -0.2) is 23.8 Å². The van der Waals surface area contributed by atoms with Crippen molar-refractivity contribution in [3.8, 4) is 5.75 Å². The van der Waals surface area contributed by atoms with Crippen molar-refractivity contribution in [2.45, 2.75) is 32.5 Å². The number of rotatable bonds is 3. The van der Waals surface area contributed by atoms with Crippen molar-refractivity contribution in [3.63, 3.8) is 0 Å². The van der Waals surface area contributed by atoms with E-state index in [4.69, 9.17) is 13.9 Å². The van der Waals surface area contributed by atoms with Crippen LogP contribution in [0.4, 0.5) is 0 Å². The number of carbonyl (C=O) groups is 1. The minimum Gasteiger partial charge on any atom is -0.483 e. The van der Waals surface area contributed by atoms with E-state index >= 15 is 0 Å². The van der Waals surface area contributed by atoms with Crippen molar-refractivity contribution >= 4 is 16.9 Å². The number of hydrogen-bond donors (Lipinski definition) is 1. The first-order valence-corrected chi connectivity index (χ1v) is 6.41. The van der Waals surface area contributed by atoms with Gasteiger partial charge in [0, 0.05) is 30.0 Å². The molecule has 0 unspecified atom stereocenters. The van der Waals surface area contributed by atoms with Crippen molar-refractivity contribution in [1.29, 1.82) is 0 Å². The molecule has 2 aromatic rings. The fourth-order valence-corrected chi connectivity index (χ4v) is 2.71. The Morgan fingerprint density at radius 3 is 2.85 bits per heavy atom. The zero-order valence-corrected chi connectivity index (χ0v) is 11.6. The predicted molar refractivity (Wildman–Crippen MR) is 72.3 cm³/mol. The summed E-state index contributed by atoms with van der Waals surface area (Å²) in [6, 6.07) is 3.84. The lowest BCUT2D eigenvalue weighted by molar-refractivity contribution is 0.0658. The SMILES string of the molecule is COCc1c(C(=O)O)oc2c3c(ccc12)CC(C)(C)O3. The monoisotopic (exact) mass is 276 g/mol. The van der Waals surface area contributed by atoms with E-state index in [1.165, 1.54) is 7.11 Å². The Morgan fingerprint density at radius 1 is 1.45 bits per heavy atom. The predicted octanol–water partition coefficient (Wildman–Crippen LogP) is 2.99. The topological polar surface area (TPSA) is 68.9 Å². The third-order valence-corrected chi connectivity index (χ3v) is 3.47. The van der Waals surface area contributed by atoms with Gasteiger partial charge >= 0.3 is 5.97 Å². The molecule has 1 aromatic heterocycles. The number of hydrogen-bond acceptors (Lipinski definition) is 4. The molecule has 0 atom stereocenters. The molecule has 0 saturated carbocycles. The number of carboxylic acids is 1. The van der Waals surface area contributed by atoms with Gasteiger partial charge in [0.2, 0.25) is 5.76 Å². The molecular weight excluding hydrogens is 260 g/mol. The summed E-state index contributed by atoms with van der Waals surface area (Å²) in [5, 5.41) is 9.99. The number of aromatic carboxylic acids is 1. The summed E-state index contributed by atoms with van der Waals surface area (Å²) in [5.41, 5.74) is 1.79. The van der Waals surface area contributed by atoms with Crippen LogP contribution in [0.5, 0.6) is 5.75 Å². The minimum atomic E-state index is -1.10. The average molecular weight is 276 g/mol. The molecule has 1 aliphatic heterocycles. The van der Waals surface area contributed by atoms with E-state index in [-0.39, 0.29) is 18.0 Å². The zero-order valence-electron chi connectivity index (χ0n) is 11.6. The van der Waals surface area contributed by atoms with Gasteiger partial charge in [-0.1, -0.05) is 12.1 Å². The van der Waals surface area contributed by atoms with Gasteiger partial charge in [-0.3, -0.25) is 0 Å². The maximum absolute atomic E-state index is 11.3. The molecule has 2 heterocycles. The molecule has 106 valence electrons. The van der Waals surface area contributed by atoms with Crippen molar-refractivity contribution in [1.82, 2.24) is 0 Å². The van der Waals surface area contributed by atoms with Gasteiger partial charge in [-0.05, 0) is 13.8 Å². The second-order valence-corrected chi connectivity index (χ2v) is 5.62. The van der Waals surface area contributed by atoms with Crippen molar-refractivity contribution in [2.24, 2.45) is 0 Å². The van der Waals surface area contributed by atoms with Crippen LogP contribution in [0.2, 0.25) is 0 Å².